The summed E-state index contributed by atoms with van der Waals surface area (Å²) in [6.45, 7) is 5.78. The highest BCUT2D eigenvalue weighted by Gasteiger charge is 2.29. The van der Waals surface area contributed by atoms with Gasteiger partial charge in [0.25, 0.3) is 0 Å². The Hall–Kier alpha value is -2.13. The Morgan fingerprint density at radius 1 is 1.19 bits per heavy atom. The van der Waals surface area contributed by atoms with Crippen LogP contribution >= 0.6 is 0 Å². The number of benzene rings is 1. The summed E-state index contributed by atoms with van der Waals surface area (Å²) in [5.74, 6) is -1.31. The minimum absolute atomic E-state index is 0.00752. The molecule has 144 valence electrons. The number of aromatic hydroxyl groups is 1. The molecule has 1 heterocycles. The van der Waals surface area contributed by atoms with Gasteiger partial charge in [-0.1, -0.05) is 13.8 Å². The Kier molecular flexibility index (Phi) is 6.25. The molecule has 2 amide bonds. The van der Waals surface area contributed by atoms with Gasteiger partial charge in [-0.15, -0.1) is 0 Å². The fourth-order valence-corrected chi connectivity index (χ4v) is 4.36. The second kappa shape index (κ2) is 8.05. The lowest BCUT2D eigenvalue weighted by molar-refractivity contribution is -0.126. The number of anilines is 1. The lowest BCUT2D eigenvalue weighted by Gasteiger charge is -2.22. The second-order valence-corrected chi connectivity index (χ2v) is 8.64. The normalized spacial score (nSPS) is 16.5. The molecule has 1 fully saturated rings. The molecule has 0 spiro atoms. The van der Waals surface area contributed by atoms with Crippen molar-refractivity contribution in [1.29, 1.82) is 0 Å². The van der Waals surface area contributed by atoms with Crippen molar-refractivity contribution in [3.8, 4) is 5.75 Å². The molecule has 2 rings (SSSR count). The molecule has 26 heavy (non-hydrogen) atoms. The summed E-state index contributed by atoms with van der Waals surface area (Å²) in [4.78, 5) is 23.8. The summed E-state index contributed by atoms with van der Waals surface area (Å²) in [7, 11) is -3.67. The molecule has 0 aliphatic carbocycles. The van der Waals surface area contributed by atoms with Crippen LogP contribution in [0.5, 0.6) is 5.75 Å². The van der Waals surface area contributed by atoms with Gasteiger partial charge in [-0.3, -0.25) is 9.59 Å². The maximum Gasteiger partial charge on any atom is 0.247 e. The predicted molar refractivity (Wildman–Crippen MR) is 97.2 cm³/mol. The van der Waals surface area contributed by atoms with Crippen LogP contribution in [0, 0.1) is 5.92 Å². The zero-order chi connectivity index (χ0) is 19.5. The molecule has 1 aliphatic rings. The molecule has 1 aliphatic heterocycles. The van der Waals surface area contributed by atoms with Gasteiger partial charge in [0.15, 0.2) is 0 Å². The van der Waals surface area contributed by atoms with Crippen LogP contribution in [0.3, 0.4) is 0 Å². The number of rotatable bonds is 6. The van der Waals surface area contributed by atoms with E-state index in [-0.39, 0.29) is 28.2 Å². The van der Waals surface area contributed by atoms with Crippen LogP contribution in [0.2, 0.25) is 0 Å². The first-order valence-electron chi connectivity index (χ1n) is 8.54. The van der Waals surface area contributed by atoms with Gasteiger partial charge in [0.2, 0.25) is 21.8 Å². The molecule has 1 saturated heterocycles. The van der Waals surface area contributed by atoms with Crippen LogP contribution in [-0.4, -0.2) is 48.8 Å². The van der Waals surface area contributed by atoms with Crippen LogP contribution in [-0.2, 0) is 19.6 Å². The smallest absolute Gasteiger partial charge is 0.247 e. The number of hydrogen-bond acceptors (Lipinski definition) is 5. The van der Waals surface area contributed by atoms with Gasteiger partial charge >= 0.3 is 0 Å². The maximum atomic E-state index is 12.6. The van der Waals surface area contributed by atoms with Gasteiger partial charge in [0.1, 0.15) is 11.8 Å². The third-order valence-corrected chi connectivity index (χ3v) is 6.13. The third-order valence-electron chi connectivity index (χ3n) is 4.24. The highest BCUT2D eigenvalue weighted by Crippen LogP contribution is 2.29. The van der Waals surface area contributed by atoms with E-state index < -0.39 is 22.0 Å². The average Bonchev–Trinajstić information content (AvgIpc) is 3.09. The molecule has 0 aromatic heterocycles. The van der Waals surface area contributed by atoms with Gasteiger partial charge in [0.05, 0.1) is 10.6 Å². The standard InChI is InChI=1S/C17H25N3O5S/c1-11(2)16(18-12(3)21)17(23)19-14-10-13(6-7-15(14)22)26(24,25)20-8-4-5-9-20/h6-7,10-11,16,22H,4-5,8-9H2,1-3H3,(H,18,21)(H,19,23). The second-order valence-electron chi connectivity index (χ2n) is 6.70. The Balaban J connectivity index is 2.26. The highest BCUT2D eigenvalue weighted by atomic mass is 32.2. The fraction of sp³-hybridized carbons (Fsp3) is 0.529. The van der Waals surface area contributed by atoms with E-state index in [1.165, 1.54) is 29.4 Å². The van der Waals surface area contributed by atoms with Crippen molar-refractivity contribution in [3.63, 3.8) is 0 Å². The van der Waals surface area contributed by atoms with E-state index in [2.05, 4.69) is 10.6 Å². The molecule has 9 heteroatoms. The Bertz CT molecular complexity index is 786. The molecule has 0 saturated carbocycles. The highest BCUT2D eigenvalue weighted by molar-refractivity contribution is 7.89. The zero-order valence-electron chi connectivity index (χ0n) is 15.2. The number of nitrogens with one attached hydrogen (secondary N) is 2. The zero-order valence-corrected chi connectivity index (χ0v) is 16.0. The van der Waals surface area contributed by atoms with E-state index in [4.69, 9.17) is 0 Å². The monoisotopic (exact) mass is 383 g/mol. The number of carbonyl (C=O) groups excluding carboxylic acids is 2. The van der Waals surface area contributed by atoms with Gasteiger partial charge in [0, 0.05) is 20.0 Å². The number of amides is 2. The average molecular weight is 383 g/mol. The molecule has 1 aromatic rings. The molecule has 1 atom stereocenters. The molecule has 3 N–H and O–H groups in total. The summed E-state index contributed by atoms with van der Waals surface area (Å²) in [5.41, 5.74) is -0.00808. The number of phenols is 1. The number of carbonyl (C=O) groups is 2. The minimum atomic E-state index is -3.67. The lowest BCUT2D eigenvalue weighted by Crippen LogP contribution is -2.46. The van der Waals surface area contributed by atoms with Crippen molar-refractivity contribution in [2.75, 3.05) is 18.4 Å². The van der Waals surface area contributed by atoms with Crippen LogP contribution in [0.4, 0.5) is 5.69 Å². The number of sulfonamides is 1. The Morgan fingerprint density at radius 2 is 1.81 bits per heavy atom. The van der Waals surface area contributed by atoms with Crippen molar-refractivity contribution in [1.82, 2.24) is 9.62 Å². The number of hydrogen-bond donors (Lipinski definition) is 3. The summed E-state index contributed by atoms with van der Waals surface area (Å²) in [6.07, 6.45) is 1.63. The SMILES string of the molecule is CC(=O)NC(C(=O)Nc1cc(S(=O)(=O)N2CCCC2)ccc1O)C(C)C. The van der Waals surface area contributed by atoms with E-state index in [0.717, 1.165) is 12.8 Å². The maximum absolute atomic E-state index is 12.6. The Morgan fingerprint density at radius 3 is 2.35 bits per heavy atom. The molecular weight excluding hydrogens is 358 g/mol. The van der Waals surface area contributed by atoms with Crippen LogP contribution in [0.25, 0.3) is 0 Å². The predicted octanol–water partition coefficient (Wildman–Crippen LogP) is 1.28. The van der Waals surface area contributed by atoms with Crippen LogP contribution in [0.1, 0.15) is 33.6 Å². The first-order chi connectivity index (χ1) is 12.1. The van der Waals surface area contributed by atoms with Crippen molar-refractivity contribution in [3.05, 3.63) is 18.2 Å². The molecule has 1 unspecified atom stereocenters. The quantitative estimate of drug-likeness (QED) is 0.640. The number of phenolic OH excluding ortho intramolecular Hbond substituents is 1. The Labute approximate surface area is 153 Å². The van der Waals surface area contributed by atoms with Crippen molar-refractivity contribution in [2.24, 2.45) is 5.92 Å². The van der Waals surface area contributed by atoms with E-state index in [0.29, 0.717) is 13.1 Å². The van der Waals surface area contributed by atoms with Gasteiger partial charge in [-0.25, -0.2) is 8.42 Å². The van der Waals surface area contributed by atoms with Gasteiger partial charge in [-0.2, -0.15) is 4.31 Å². The first-order valence-corrected chi connectivity index (χ1v) is 9.98. The van der Waals surface area contributed by atoms with Crippen molar-refractivity contribution in [2.45, 2.75) is 44.6 Å². The van der Waals surface area contributed by atoms with Crippen LogP contribution in [0.15, 0.2) is 23.1 Å². The third kappa shape index (κ3) is 4.53. The van der Waals surface area contributed by atoms with Gasteiger partial charge in [-0.05, 0) is 37.0 Å². The van der Waals surface area contributed by atoms with E-state index in [9.17, 15) is 23.1 Å². The minimum Gasteiger partial charge on any atom is -0.506 e. The summed E-state index contributed by atoms with van der Waals surface area (Å²) in [5, 5.41) is 15.1. The molecule has 8 nitrogen and oxygen atoms in total. The largest absolute Gasteiger partial charge is 0.506 e. The van der Waals surface area contributed by atoms with Crippen molar-refractivity contribution < 1.29 is 23.1 Å². The fourth-order valence-electron chi connectivity index (χ4n) is 2.82. The molecular formula is C17H25N3O5S. The van der Waals surface area contributed by atoms with Crippen LogP contribution < -0.4 is 10.6 Å². The molecule has 0 bridgehead atoms. The van der Waals surface area contributed by atoms with E-state index in [1.807, 2.05) is 0 Å². The summed E-state index contributed by atoms with van der Waals surface area (Å²) >= 11 is 0. The summed E-state index contributed by atoms with van der Waals surface area (Å²) < 4.78 is 26.7. The topological polar surface area (TPSA) is 116 Å². The molecule has 0 radical (unpaired) electrons. The van der Waals surface area contributed by atoms with E-state index >= 15 is 0 Å². The number of nitrogens with zero attached hydrogens (tertiary/aromatic N) is 1. The summed E-state index contributed by atoms with van der Waals surface area (Å²) in [6, 6.07) is 2.99. The first kappa shape index (κ1) is 20.2. The lowest BCUT2D eigenvalue weighted by atomic mass is 10.0. The van der Waals surface area contributed by atoms with Gasteiger partial charge < -0.3 is 15.7 Å². The van der Waals surface area contributed by atoms with Crippen molar-refractivity contribution >= 4 is 27.5 Å². The molecule has 1 aromatic carbocycles. The van der Waals surface area contributed by atoms with E-state index in [1.54, 1.807) is 13.8 Å².